The summed E-state index contributed by atoms with van der Waals surface area (Å²) < 4.78 is 5.86. The van der Waals surface area contributed by atoms with Gasteiger partial charge in [0.2, 0.25) is 11.8 Å². The maximum absolute atomic E-state index is 12.7. The highest BCUT2D eigenvalue weighted by molar-refractivity contribution is 5.87. The Morgan fingerprint density at radius 1 is 0.615 bits per heavy atom. The largest absolute Gasteiger partial charge is 0.480 e. The minimum absolute atomic E-state index is 0.170. The third-order valence-corrected chi connectivity index (χ3v) is 8.17. The molecule has 0 aliphatic carbocycles. The summed E-state index contributed by atoms with van der Waals surface area (Å²) in [4.78, 5) is 47.4. The smallest absolute Gasteiger partial charge is 0.328 e. The number of allylic oxidation sites excluding steroid dienone is 11. The van der Waals surface area contributed by atoms with Gasteiger partial charge in [0.25, 0.3) is 0 Å². The van der Waals surface area contributed by atoms with Gasteiger partial charge in [-0.2, -0.15) is 0 Å². The molecule has 2 unspecified atom stereocenters. The van der Waals surface area contributed by atoms with Gasteiger partial charge in [-0.3, -0.25) is 14.4 Å². The van der Waals surface area contributed by atoms with Gasteiger partial charge in [0, 0.05) is 12.8 Å². The van der Waals surface area contributed by atoms with E-state index in [2.05, 4.69) is 91.3 Å². The van der Waals surface area contributed by atoms with Crippen LogP contribution in [0, 0.1) is 0 Å². The first-order chi connectivity index (χ1) is 25.3. The van der Waals surface area contributed by atoms with Gasteiger partial charge < -0.3 is 25.6 Å². The number of carbonyl (C=O) groups is 4. The summed E-state index contributed by atoms with van der Waals surface area (Å²) in [6.45, 7) is 3.29. The lowest BCUT2D eigenvalue weighted by molar-refractivity contribution is -0.147. The zero-order valence-electron chi connectivity index (χ0n) is 32.3. The molecule has 52 heavy (non-hydrogen) atoms. The van der Waals surface area contributed by atoms with Crippen LogP contribution in [-0.2, 0) is 23.9 Å². The molecule has 294 valence electrons. The van der Waals surface area contributed by atoms with E-state index in [1.807, 2.05) is 6.08 Å². The summed E-state index contributed by atoms with van der Waals surface area (Å²) >= 11 is 0. The topological polar surface area (TPSA) is 142 Å². The minimum atomic E-state index is -1.40. The molecule has 0 bridgehead atoms. The number of esters is 1. The summed E-state index contributed by atoms with van der Waals surface area (Å²) in [7, 11) is 0. The fourth-order valence-corrected chi connectivity index (χ4v) is 5.13. The molecule has 0 aliphatic rings. The van der Waals surface area contributed by atoms with E-state index >= 15 is 0 Å². The fourth-order valence-electron chi connectivity index (χ4n) is 5.13. The summed E-state index contributed by atoms with van der Waals surface area (Å²) in [6.07, 6.45) is 45.2. The SMILES string of the molecule is CC/C=C\C/C=C\C/C=C\C/C=C\C/C=C\CCCC(=O)OC(/C=C\CCCCCCCC)CCCCCCC(=O)NCC(=O)NC(CO)C(=O)O. The molecule has 0 aromatic rings. The van der Waals surface area contributed by atoms with Crippen LogP contribution in [0.1, 0.15) is 149 Å². The Morgan fingerprint density at radius 2 is 1.17 bits per heavy atom. The van der Waals surface area contributed by atoms with E-state index in [0.29, 0.717) is 12.8 Å². The minimum Gasteiger partial charge on any atom is -0.480 e. The molecule has 9 nitrogen and oxygen atoms in total. The third kappa shape index (κ3) is 33.4. The lowest BCUT2D eigenvalue weighted by atomic mass is 10.1. The van der Waals surface area contributed by atoms with E-state index in [1.54, 1.807) is 0 Å². The highest BCUT2D eigenvalue weighted by atomic mass is 16.5. The standard InChI is InChI=1S/C43H70N2O7/c1-3-5-7-9-11-13-14-15-16-17-18-19-20-21-23-25-31-35-42(49)52-38(32-28-24-22-12-10-8-6-4-2)33-29-26-27-30-34-40(47)44-36-41(48)45-39(37-46)43(50)51/h5,7,11,13,15-16,18-19,21,23,28,32,38-39,46H,3-4,6,8-10,12,14,17,20,22,24-27,29-31,33-37H2,1-2H3,(H,44,47)(H,45,48)(H,50,51)/b7-5-,13-11-,16-15-,19-18-,23-21-,32-28-. The number of rotatable bonds is 34. The monoisotopic (exact) mass is 727 g/mol. The maximum atomic E-state index is 12.7. The van der Waals surface area contributed by atoms with Crippen molar-refractivity contribution in [3.05, 3.63) is 72.9 Å². The van der Waals surface area contributed by atoms with Gasteiger partial charge in [-0.15, -0.1) is 0 Å². The number of aliphatic hydroxyl groups is 1. The zero-order valence-corrected chi connectivity index (χ0v) is 32.3. The summed E-state index contributed by atoms with van der Waals surface area (Å²) in [6, 6.07) is -1.40. The molecule has 2 amide bonds. The number of carbonyl (C=O) groups excluding carboxylic acids is 3. The van der Waals surface area contributed by atoms with Crippen molar-refractivity contribution in [2.75, 3.05) is 13.2 Å². The van der Waals surface area contributed by atoms with Crippen molar-refractivity contribution in [1.82, 2.24) is 10.6 Å². The summed E-state index contributed by atoms with van der Waals surface area (Å²) in [5, 5.41) is 22.5. The Kier molecular flexibility index (Phi) is 34.4. The molecule has 0 heterocycles. The normalized spacial score (nSPS) is 13.3. The van der Waals surface area contributed by atoms with E-state index in [4.69, 9.17) is 14.9 Å². The predicted molar refractivity (Wildman–Crippen MR) is 213 cm³/mol. The van der Waals surface area contributed by atoms with Gasteiger partial charge in [-0.25, -0.2) is 4.79 Å². The van der Waals surface area contributed by atoms with E-state index in [1.165, 1.54) is 32.1 Å². The van der Waals surface area contributed by atoms with Crippen molar-refractivity contribution >= 4 is 23.8 Å². The van der Waals surface area contributed by atoms with Crippen molar-refractivity contribution < 1.29 is 34.1 Å². The van der Waals surface area contributed by atoms with Gasteiger partial charge >= 0.3 is 11.9 Å². The van der Waals surface area contributed by atoms with Gasteiger partial charge in [0.05, 0.1) is 13.2 Å². The molecule has 0 fully saturated rings. The van der Waals surface area contributed by atoms with E-state index in [0.717, 1.165) is 83.5 Å². The molecule has 4 N–H and O–H groups in total. The van der Waals surface area contributed by atoms with E-state index < -0.39 is 24.5 Å². The lowest BCUT2D eigenvalue weighted by Gasteiger charge is -2.15. The average molecular weight is 727 g/mol. The van der Waals surface area contributed by atoms with Crippen LogP contribution in [0.4, 0.5) is 0 Å². The first kappa shape index (κ1) is 48.3. The lowest BCUT2D eigenvalue weighted by Crippen LogP contribution is -2.47. The number of aliphatic carboxylic acids is 1. The Labute approximate surface area is 314 Å². The fraction of sp³-hybridized carbons (Fsp3) is 0.628. The van der Waals surface area contributed by atoms with Gasteiger partial charge in [0.1, 0.15) is 12.1 Å². The molecule has 0 aliphatic heterocycles. The number of carboxylic acid groups (broad SMARTS) is 1. The van der Waals surface area contributed by atoms with Gasteiger partial charge in [-0.05, 0) is 83.1 Å². The first-order valence-corrected chi connectivity index (χ1v) is 19.8. The highest BCUT2D eigenvalue weighted by Crippen LogP contribution is 2.14. The third-order valence-electron chi connectivity index (χ3n) is 8.17. The van der Waals surface area contributed by atoms with Gasteiger partial charge in [-0.1, -0.05) is 126 Å². The number of aliphatic hydroxyl groups excluding tert-OH is 1. The highest BCUT2D eigenvalue weighted by Gasteiger charge is 2.18. The number of hydrogen-bond acceptors (Lipinski definition) is 6. The number of amides is 2. The molecular formula is C43H70N2O7. The first-order valence-electron chi connectivity index (χ1n) is 19.8. The Morgan fingerprint density at radius 3 is 1.79 bits per heavy atom. The van der Waals surface area contributed by atoms with Crippen LogP contribution in [0.25, 0.3) is 0 Å². The molecule has 0 aromatic heterocycles. The number of ether oxygens (including phenoxy) is 1. The van der Waals surface area contributed by atoms with Crippen LogP contribution in [0.15, 0.2) is 72.9 Å². The van der Waals surface area contributed by atoms with Crippen molar-refractivity contribution in [2.24, 2.45) is 0 Å². The van der Waals surface area contributed by atoms with Crippen LogP contribution in [0.2, 0.25) is 0 Å². The zero-order chi connectivity index (χ0) is 38.3. The molecule has 9 heteroatoms. The Bertz CT molecular complexity index is 1110. The predicted octanol–water partition coefficient (Wildman–Crippen LogP) is 9.15. The second-order valence-corrected chi connectivity index (χ2v) is 13.0. The van der Waals surface area contributed by atoms with Crippen LogP contribution in [0.3, 0.4) is 0 Å². The van der Waals surface area contributed by atoms with Crippen molar-refractivity contribution in [3.8, 4) is 0 Å². The Hall–Kier alpha value is -3.72. The van der Waals surface area contributed by atoms with Crippen molar-refractivity contribution in [2.45, 2.75) is 161 Å². The number of nitrogens with one attached hydrogen (secondary N) is 2. The molecule has 0 rings (SSSR count). The number of hydrogen-bond donors (Lipinski definition) is 4. The maximum Gasteiger partial charge on any atom is 0.328 e. The Balaban J connectivity index is 4.41. The van der Waals surface area contributed by atoms with Crippen molar-refractivity contribution in [3.63, 3.8) is 0 Å². The number of carboxylic acids is 1. The molecular weight excluding hydrogens is 656 g/mol. The second-order valence-electron chi connectivity index (χ2n) is 13.0. The van der Waals surface area contributed by atoms with Crippen LogP contribution < -0.4 is 10.6 Å². The molecule has 0 saturated heterocycles. The summed E-state index contributed by atoms with van der Waals surface area (Å²) in [5.41, 5.74) is 0. The van der Waals surface area contributed by atoms with Crippen LogP contribution in [-0.4, -0.2) is 59.3 Å². The average Bonchev–Trinajstić information content (AvgIpc) is 3.13. The molecule has 2 atom stereocenters. The number of unbranched alkanes of at least 4 members (excludes halogenated alkanes) is 10. The van der Waals surface area contributed by atoms with Gasteiger partial charge in [0.15, 0.2) is 0 Å². The van der Waals surface area contributed by atoms with E-state index in [-0.39, 0.29) is 30.9 Å². The molecule has 0 radical (unpaired) electrons. The molecule has 0 aromatic carbocycles. The van der Waals surface area contributed by atoms with Crippen LogP contribution >= 0.6 is 0 Å². The van der Waals surface area contributed by atoms with E-state index in [9.17, 15) is 19.2 Å². The molecule has 0 spiro atoms. The quantitative estimate of drug-likeness (QED) is 0.0294. The summed E-state index contributed by atoms with van der Waals surface area (Å²) in [5.74, 6) is -2.48. The second kappa shape index (κ2) is 37.1. The molecule has 0 saturated carbocycles. The van der Waals surface area contributed by atoms with Crippen LogP contribution in [0.5, 0.6) is 0 Å². The van der Waals surface area contributed by atoms with Crippen molar-refractivity contribution in [1.29, 1.82) is 0 Å².